The molecule has 0 spiro atoms. The zero-order valence-corrected chi connectivity index (χ0v) is 11.0. The molecular weight excluding hydrogens is 255 g/mol. The van der Waals surface area contributed by atoms with Crippen molar-refractivity contribution in [2.45, 2.75) is 25.8 Å². The van der Waals surface area contributed by atoms with Gasteiger partial charge in [-0.3, -0.25) is 0 Å². The Labute approximate surface area is 115 Å². The van der Waals surface area contributed by atoms with Crippen LogP contribution in [-0.2, 0) is 6.42 Å². The number of imidazole rings is 1. The maximum Gasteiger partial charge on any atom is 0.159 e. The van der Waals surface area contributed by atoms with Crippen molar-refractivity contribution >= 4 is 11.0 Å². The lowest BCUT2D eigenvalue weighted by Crippen LogP contribution is -1.99. The lowest BCUT2D eigenvalue weighted by molar-refractivity contribution is 0.595. The second-order valence-electron chi connectivity index (χ2n) is 5.18. The summed E-state index contributed by atoms with van der Waals surface area (Å²) < 4.78 is 16.4. The largest absolute Gasteiger partial charge is 0.325 e. The number of rotatable bonds is 1. The molecule has 20 heavy (non-hydrogen) atoms. The van der Waals surface area contributed by atoms with E-state index in [2.05, 4.69) is 26.4 Å². The van der Waals surface area contributed by atoms with Crippen molar-refractivity contribution in [3.05, 3.63) is 42.2 Å². The second kappa shape index (κ2) is 4.10. The Morgan fingerprint density at radius 1 is 1.25 bits per heavy atom. The van der Waals surface area contributed by atoms with E-state index >= 15 is 0 Å². The van der Waals surface area contributed by atoms with Crippen molar-refractivity contribution in [1.29, 1.82) is 0 Å². The third-order valence-electron chi connectivity index (χ3n) is 3.87. The van der Waals surface area contributed by atoms with Crippen molar-refractivity contribution in [3.8, 4) is 11.4 Å². The van der Waals surface area contributed by atoms with Crippen LogP contribution in [-0.4, -0.2) is 19.5 Å². The van der Waals surface area contributed by atoms with E-state index in [0.717, 1.165) is 24.2 Å². The van der Waals surface area contributed by atoms with Gasteiger partial charge in [-0.2, -0.15) is 0 Å². The molecule has 1 atom stereocenters. The summed E-state index contributed by atoms with van der Waals surface area (Å²) in [5.41, 5.74) is 1.98. The normalized spacial score (nSPS) is 17.6. The smallest absolute Gasteiger partial charge is 0.159 e. The van der Waals surface area contributed by atoms with Crippen LogP contribution in [0, 0.1) is 5.82 Å². The van der Waals surface area contributed by atoms with Gasteiger partial charge in [-0.15, -0.1) is 0 Å². The molecule has 3 aromatic rings. The van der Waals surface area contributed by atoms with Crippen LogP contribution in [0.3, 0.4) is 0 Å². The number of aromatic nitrogens is 4. The fourth-order valence-electron chi connectivity index (χ4n) is 2.91. The summed E-state index contributed by atoms with van der Waals surface area (Å²) in [6, 6.07) is 5.51. The Morgan fingerprint density at radius 2 is 2.05 bits per heavy atom. The van der Waals surface area contributed by atoms with Crippen LogP contribution in [0.2, 0.25) is 0 Å². The van der Waals surface area contributed by atoms with Gasteiger partial charge in [0.25, 0.3) is 0 Å². The van der Waals surface area contributed by atoms with Crippen molar-refractivity contribution in [3.63, 3.8) is 0 Å². The van der Waals surface area contributed by atoms with Gasteiger partial charge in [-0.25, -0.2) is 19.3 Å². The van der Waals surface area contributed by atoms with Gasteiger partial charge in [0.05, 0.1) is 5.52 Å². The van der Waals surface area contributed by atoms with Gasteiger partial charge in [0, 0.05) is 30.4 Å². The molecule has 0 saturated heterocycles. The van der Waals surface area contributed by atoms with Crippen LogP contribution in [0.25, 0.3) is 22.4 Å². The standard InChI is InChI=1S/C15H13FN4/c1-9-3-4-13-19-14-11(16)7-10(8-12(14)20(9)13)15-17-5-2-6-18-15/h2,5-9H,3-4H2,1H3/t9-/m1/s1. The lowest BCUT2D eigenvalue weighted by Gasteiger charge is -2.08. The molecule has 0 fully saturated rings. The average molecular weight is 268 g/mol. The van der Waals surface area contributed by atoms with Gasteiger partial charge in [0.1, 0.15) is 11.3 Å². The number of aryl methyl sites for hydroxylation is 1. The zero-order chi connectivity index (χ0) is 13.7. The highest BCUT2D eigenvalue weighted by Crippen LogP contribution is 2.33. The first-order chi connectivity index (χ1) is 9.74. The van der Waals surface area contributed by atoms with E-state index in [0.29, 0.717) is 22.9 Å². The van der Waals surface area contributed by atoms with E-state index in [4.69, 9.17) is 0 Å². The summed E-state index contributed by atoms with van der Waals surface area (Å²) in [5.74, 6) is 1.20. The maximum atomic E-state index is 14.3. The minimum atomic E-state index is -0.306. The van der Waals surface area contributed by atoms with Crippen LogP contribution in [0.1, 0.15) is 25.2 Å². The fraction of sp³-hybridized carbons (Fsp3) is 0.267. The molecule has 0 saturated carbocycles. The van der Waals surface area contributed by atoms with Gasteiger partial charge < -0.3 is 4.57 Å². The summed E-state index contributed by atoms with van der Waals surface area (Å²) in [5, 5.41) is 0. The number of hydrogen-bond acceptors (Lipinski definition) is 3. The Balaban J connectivity index is 2.00. The van der Waals surface area contributed by atoms with Crippen LogP contribution in [0.4, 0.5) is 4.39 Å². The molecular formula is C15H13FN4. The predicted octanol–water partition coefficient (Wildman–Crippen LogP) is 3.14. The van der Waals surface area contributed by atoms with Crippen LogP contribution in [0.15, 0.2) is 30.6 Å². The Bertz CT molecular complexity index is 794. The summed E-state index contributed by atoms with van der Waals surface area (Å²) in [6.45, 7) is 2.14. The topological polar surface area (TPSA) is 43.6 Å². The van der Waals surface area contributed by atoms with E-state index in [1.807, 2.05) is 6.07 Å². The Morgan fingerprint density at radius 3 is 2.85 bits per heavy atom. The predicted molar refractivity (Wildman–Crippen MR) is 73.7 cm³/mol. The monoisotopic (exact) mass is 268 g/mol. The number of fused-ring (bicyclic) bond motifs is 3. The molecule has 3 heterocycles. The van der Waals surface area contributed by atoms with Crippen molar-refractivity contribution in [2.75, 3.05) is 0 Å². The molecule has 1 aliphatic rings. The van der Waals surface area contributed by atoms with Crippen molar-refractivity contribution < 1.29 is 4.39 Å². The molecule has 4 nitrogen and oxygen atoms in total. The third-order valence-corrected chi connectivity index (χ3v) is 3.87. The van der Waals surface area contributed by atoms with Gasteiger partial charge >= 0.3 is 0 Å². The highest BCUT2D eigenvalue weighted by molar-refractivity contribution is 5.82. The molecule has 5 heteroatoms. The van der Waals surface area contributed by atoms with Gasteiger partial charge in [-0.1, -0.05) is 0 Å². The molecule has 100 valence electrons. The Kier molecular flexibility index (Phi) is 2.36. The first-order valence-corrected chi connectivity index (χ1v) is 6.72. The molecule has 0 amide bonds. The minimum Gasteiger partial charge on any atom is -0.325 e. The van der Waals surface area contributed by atoms with Gasteiger partial charge in [0.15, 0.2) is 11.6 Å². The van der Waals surface area contributed by atoms with E-state index in [1.165, 1.54) is 6.07 Å². The van der Waals surface area contributed by atoms with Gasteiger partial charge in [0.2, 0.25) is 0 Å². The van der Waals surface area contributed by atoms with Crippen LogP contribution >= 0.6 is 0 Å². The molecule has 0 bridgehead atoms. The zero-order valence-electron chi connectivity index (χ0n) is 11.0. The average Bonchev–Trinajstić information content (AvgIpc) is 3.01. The first kappa shape index (κ1) is 11.5. The SMILES string of the molecule is C[C@@H]1CCc2nc3c(F)cc(-c4ncccn4)cc3n21. The van der Waals surface area contributed by atoms with Crippen LogP contribution in [0.5, 0.6) is 0 Å². The molecule has 0 unspecified atom stereocenters. The molecule has 4 rings (SSSR count). The lowest BCUT2D eigenvalue weighted by atomic mass is 10.1. The van der Waals surface area contributed by atoms with Crippen molar-refractivity contribution in [2.24, 2.45) is 0 Å². The van der Waals surface area contributed by atoms with Crippen LogP contribution < -0.4 is 0 Å². The summed E-state index contributed by atoms with van der Waals surface area (Å²) in [7, 11) is 0. The number of benzene rings is 1. The molecule has 0 N–H and O–H groups in total. The highest BCUT2D eigenvalue weighted by Gasteiger charge is 2.24. The quantitative estimate of drug-likeness (QED) is 0.681. The van der Waals surface area contributed by atoms with E-state index in [9.17, 15) is 4.39 Å². The minimum absolute atomic E-state index is 0.306. The molecule has 1 aromatic carbocycles. The van der Waals surface area contributed by atoms with E-state index in [1.54, 1.807) is 18.5 Å². The van der Waals surface area contributed by atoms with Crippen molar-refractivity contribution in [1.82, 2.24) is 19.5 Å². The summed E-state index contributed by atoms with van der Waals surface area (Å²) >= 11 is 0. The molecule has 1 aliphatic heterocycles. The van der Waals surface area contributed by atoms with E-state index in [-0.39, 0.29) is 5.82 Å². The fourth-order valence-corrected chi connectivity index (χ4v) is 2.91. The van der Waals surface area contributed by atoms with E-state index < -0.39 is 0 Å². The molecule has 2 aromatic heterocycles. The molecule has 0 radical (unpaired) electrons. The number of halogens is 1. The second-order valence-corrected chi connectivity index (χ2v) is 5.18. The first-order valence-electron chi connectivity index (χ1n) is 6.72. The highest BCUT2D eigenvalue weighted by atomic mass is 19.1. The molecule has 0 aliphatic carbocycles. The third kappa shape index (κ3) is 1.56. The number of nitrogens with zero attached hydrogens (tertiary/aromatic N) is 4. The maximum absolute atomic E-state index is 14.3. The Hall–Kier alpha value is -2.30. The number of hydrogen-bond donors (Lipinski definition) is 0. The van der Waals surface area contributed by atoms with Gasteiger partial charge in [-0.05, 0) is 31.5 Å². The summed E-state index contributed by atoms with van der Waals surface area (Å²) in [6.07, 6.45) is 5.29. The summed E-state index contributed by atoms with van der Waals surface area (Å²) in [4.78, 5) is 12.8.